The molecule has 2 aromatic heterocycles. The number of carbonyl (C=O) groups is 1. The van der Waals surface area contributed by atoms with Crippen LogP contribution in [0.4, 0.5) is 4.79 Å². The van der Waals surface area contributed by atoms with Gasteiger partial charge in [0.25, 0.3) is 0 Å². The number of carbonyl (C=O) groups excluding carboxylic acids is 1. The lowest BCUT2D eigenvalue weighted by Crippen LogP contribution is -2.40. The third-order valence-corrected chi connectivity index (χ3v) is 9.12. The van der Waals surface area contributed by atoms with E-state index in [4.69, 9.17) is 10.5 Å². The van der Waals surface area contributed by atoms with Gasteiger partial charge in [-0.25, -0.2) is 22.9 Å². The lowest BCUT2D eigenvalue weighted by molar-refractivity contribution is 0.0787. The number of primary amides is 1. The highest BCUT2D eigenvalue weighted by atomic mass is 32.2. The highest BCUT2D eigenvalue weighted by molar-refractivity contribution is 7.89. The van der Waals surface area contributed by atoms with Gasteiger partial charge in [0.15, 0.2) is 0 Å². The van der Waals surface area contributed by atoms with Crippen molar-refractivity contribution in [2.24, 2.45) is 5.73 Å². The maximum absolute atomic E-state index is 13.5. The molecular weight excluding hydrogens is 512 g/mol. The molecule has 1 fully saturated rings. The minimum atomic E-state index is -3.87. The molecule has 11 heteroatoms. The first-order chi connectivity index (χ1) is 17.4. The van der Waals surface area contributed by atoms with E-state index in [2.05, 4.69) is 14.7 Å². The molecule has 0 unspecified atom stereocenters. The van der Waals surface area contributed by atoms with Crippen LogP contribution in [0.5, 0.6) is 0 Å². The topological polar surface area (TPSA) is 144 Å². The van der Waals surface area contributed by atoms with Crippen molar-refractivity contribution in [1.29, 1.82) is 0 Å². The number of hydrogen-bond acceptors (Lipinski definition) is 8. The third-order valence-electron chi connectivity index (χ3n) is 6.13. The Kier molecular flexibility index (Phi) is 7.98. The van der Waals surface area contributed by atoms with E-state index in [1.54, 1.807) is 51.4 Å². The van der Waals surface area contributed by atoms with Crippen LogP contribution in [0.1, 0.15) is 63.1 Å². The molecule has 198 valence electrons. The van der Waals surface area contributed by atoms with Crippen LogP contribution in [-0.2, 0) is 21.4 Å². The second kappa shape index (κ2) is 10.9. The van der Waals surface area contributed by atoms with Gasteiger partial charge in [-0.05, 0) is 64.2 Å². The summed E-state index contributed by atoms with van der Waals surface area (Å²) in [7, 11) is -3.87. The van der Waals surface area contributed by atoms with Gasteiger partial charge >= 0.3 is 6.09 Å². The molecule has 1 amide bonds. The van der Waals surface area contributed by atoms with Gasteiger partial charge in [0.1, 0.15) is 6.10 Å². The number of ether oxygens (including phenoxy) is 1. The molecule has 2 heterocycles. The summed E-state index contributed by atoms with van der Waals surface area (Å²) in [5.41, 5.74) is 7.04. The van der Waals surface area contributed by atoms with Crippen molar-refractivity contribution in [3.05, 3.63) is 53.4 Å². The molecule has 1 aliphatic rings. The fourth-order valence-corrected chi connectivity index (χ4v) is 7.32. The summed E-state index contributed by atoms with van der Waals surface area (Å²) in [5, 5.41) is 10.2. The fourth-order valence-electron chi connectivity index (χ4n) is 4.47. The SMILES string of the molecule is CC(C)(C)NS(=O)(=O)c1cc(-c2ccc(CO)nc2)ccc1-c1cnc(C2CCC(OC(N)=O)CC2)s1. The number of aliphatic hydroxyl groups is 1. The number of aromatic nitrogens is 2. The summed E-state index contributed by atoms with van der Waals surface area (Å²) in [4.78, 5) is 20.8. The molecule has 0 radical (unpaired) electrons. The molecular formula is C26H32N4O5S2. The number of benzene rings is 1. The van der Waals surface area contributed by atoms with E-state index in [-0.39, 0.29) is 23.5 Å². The smallest absolute Gasteiger partial charge is 0.404 e. The van der Waals surface area contributed by atoms with Gasteiger partial charge in [-0.15, -0.1) is 11.3 Å². The highest BCUT2D eigenvalue weighted by Gasteiger charge is 2.29. The summed E-state index contributed by atoms with van der Waals surface area (Å²) in [5.74, 6) is 0.217. The van der Waals surface area contributed by atoms with Crippen LogP contribution in [0.15, 0.2) is 47.6 Å². The molecule has 4 N–H and O–H groups in total. The van der Waals surface area contributed by atoms with Gasteiger partial charge in [-0.1, -0.05) is 18.2 Å². The third kappa shape index (κ3) is 6.72. The highest BCUT2D eigenvalue weighted by Crippen LogP contribution is 2.40. The number of pyridine rings is 1. The number of thiazole rings is 1. The fraction of sp³-hybridized carbons (Fsp3) is 0.423. The quantitative estimate of drug-likeness (QED) is 0.395. The molecule has 1 aromatic carbocycles. The lowest BCUT2D eigenvalue weighted by Gasteiger charge is -2.26. The molecule has 0 bridgehead atoms. The molecule has 3 aromatic rings. The van der Waals surface area contributed by atoms with E-state index < -0.39 is 21.7 Å². The van der Waals surface area contributed by atoms with Gasteiger partial charge < -0.3 is 15.6 Å². The Hall–Kier alpha value is -2.86. The van der Waals surface area contributed by atoms with E-state index in [1.807, 2.05) is 12.1 Å². The molecule has 4 rings (SSSR count). The van der Waals surface area contributed by atoms with Crippen molar-refractivity contribution in [3.8, 4) is 21.6 Å². The molecule has 9 nitrogen and oxygen atoms in total. The predicted molar refractivity (Wildman–Crippen MR) is 142 cm³/mol. The maximum Gasteiger partial charge on any atom is 0.404 e. The molecule has 0 atom stereocenters. The van der Waals surface area contributed by atoms with Crippen LogP contribution in [0, 0.1) is 0 Å². The zero-order chi connectivity index (χ0) is 26.8. The van der Waals surface area contributed by atoms with Crippen molar-refractivity contribution >= 4 is 27.5 Å². The van der Waals surface area contributed by atoms with Crippen molar-refractivity contribution in [2.75, 3.05) is 0 Å². The second-order valence-corrected chi connectivity index (χ2v) is 12.9. The van der Waals surface area contributed by atoms with Gasteiger partial charge in [0, 0.05) is 35.0 Å². The van der Waals surface area contributed by atoms with Gasteiger partial charge in [0.2, 0.25) is 10.0 Å². The van der Waals surface area contributed by atoms with Crippen LogP contribution in [0.2, 0.25) is 0 Å². The molecule has 1 aliphatic carbocycles. The van der Waals surface area contributed by atoms with Crippen molar-refractivity contribution in [3.63, 3.8) is 0 Å². The predicted octanol–water partition coefficient (Wildman–Crippen LogP) is 4.56. The number of sulfonamides is 1. The number of nitrogens with two attached hydrogens (primary N) is 1. The number of rotatable bonds is 7. The molecule has 0 aliphatic heterocycles. The van der Waals surface area contributed by atoms with Crippen molar-refractivity contribution in [1.82, 2.24) is 14.7 Å². The first kappa shape index (κ1) is 27.2. The van der Waals surface area contributed by atoms with E-state index in [9.17, 15) is 18.3 Å². The van der Waals surface area contributed by atoms with Gasteiger partial charge in [0.05, 0.1) is 27.1 Å². The Bertz CT molecular complexity index is 1360. The van der Waals surface area contributed by atoms with Gasteiger partial charge in [-0.2, -0.15) is 0 Å². The lowest BCUT2D eigenvalue weighted by atomic mass is 9.88. The summed E-state index contributed by atoms with van der Waals surface area (Å²) in [6.45, 7) is 5.24. The first-order valence-corrected chi connectivity index (χ1v) is 14.4. The number of hydrogen-bond donors (Lipinski definition) is 3. The standard InChI is InChI=1S/C26H32N4O5S2/c1-26(2,3)30-37(33,34)23-12-17(18-4-8-19(15-31)28-13-18)7-11-21(23)22-14-29-24(36-22)16-5-9-20(10-6-16)35-25(27)32/h4,7-8,11-14,16,20,30-31H,5-6,9-10,15H2,1-3H3,(H2,27,32). The second-order valence-electron chi connectivity index (χ2n) is 10.2. The largest absolute Gasteiger partial charge is 0.446 e. The summed E-state index contributed by atoms with van der Waals surface area (Å²) >= 11 is 1.49. The normalized spacial score (nSPS) is 18.5. The zero-order valence-electron chi connectivity index (χ0n) is 21.1. The Balaban J connectivity index is 1.68. The van der Waals surface area contributed by atoms with Crippen LogP contribution in [0.25, 0.3) is 21.6 Å². The Morgan fingerprint density at radius 2 is 1.81 bits per heavy atom. The Morgan fingerprint density at radius 3 is 2.41 bits per heavy atom. The Labute approximate surface area is 221 Å². The number of nitrogens with zero attached hydrogens (tertiary/aromatic N) is 2. The van der Waals surface area contributed by atoms with Crippen molar-refractivity contribution < 1.29 is 23.1 Å². The van der Waals surface area contributed by atoms with Gasteiger partial charge in [-0.3, -0.25) is 4.98 Å². The monoisotopic (exact) mass is 544 g/mol. The maximum atomic E-state index is 13.5. The van der Waals surface area contributed by atoms with E-state index in [0.717, 1.165) is 41.1 Å². The molecule has 37 heavy (non-hydrogen) atoms. The van der Waals surface area contributed by atoms with E-state index in [0.29, 0.717) is 16.8 Å². The molecule has 0 saturated heterocycles. The zero-order valence-corrected chi connectivity index (χ0v) is 22.7. The Morgan fingerprint density at radius 1 is 1.11 bits per heavy atom. The summed E-state index contributed by atoms with van der Waals surface area (Å²) in [6.07, 6.45) is 5.51. The first-order valence-electron chi connectivity index (χ1n) is 12.1. The average Bonchev–Trinajstić information content (AvgIpc) is 3.32. The number of aliphatic hydroxyl groups excluding tert-OH is 1. The van der Waals surface area contributed by atoms with Crippen LogP contribution in [0.3, 0.4) is 0 Å². The van der Waals surface area contributed by atoms with Crippen LogP contribution >= 0.6 is 11.3 Å². The van der Waals surface area contributed by atoms with Crippen LogP contribution < -0.4 is 10.5 Å². The minimum absolute atomic E-state index is 0.165. The molecule has 1 saturated carbocycles. The van der Waals surface area contributed by atoms with E-state index >= 15 is 0 Å². The van der Waals surface area contributed by atoms with Crippen LogP contribution in [-0.4, -0.2) is 41.2 Å². The average molecular weight is 545 g/mol. The number of amides is 1. The van der Waals surface area contributed by atoms with E-state index in [1.165, 1.54) is 11.3 Å². The number of nitrogens with one attached hydrogen (secondary N) is 1. The summed E-state index contributed by atoms with van der Waals surface area (Å²) in [6, 6.07) is 8.85. The van der Waals surface area contributed by atoms with Crippen molar-refractivity contribution in [2.45, 2.75) is 75.5 Å². The summed E-state index contributed by atoms with van der Waals surface area (Å²) < 4.78 is 35.0. The molecule has 0 spiro atoms. The minimum Gasteiger partial charge on any atom is -0.446 e.